The first-order chi connectivity index (χ1) is 8.26. The van der Waals surface area contributed by atoms with Crippen molar-refractivity contribution in [1.82, 2.24) is 4.90 Å². The normalized spacial score (nSPS) is 10.5. The molecule has 0 fully saturated rings. The molecule has 4 nitrogen and oxygen atoms in total. The highest BCUT2D eigenvalue weighted by Crippen LogP contribution is 2.05. The Hall–Kier alpha value is -1.39. The van der Waals surface area contributed by atoms with E-state index in [2.05, 4.69) is 33.7 Å². The van der Waals surface area contributed by atoms with Crippen LogP contribution in [-0.2, 0) is 21.1 Å². The van der Waals surface area contributed by atoms with Crippen molar-refractivity contribution in [1.29, 1.82) is 0 Å². The van der Waals surface area contributed by atoms with E-state index < -0.39 is 0 Å². The molecule has 4 heteroatoms. The third-order valence-corrected chi connectivity index (χ3v) is 2.50. The zero-order valence-corrected chi connectivity index (χ0v) is 10.4. The SMILES string of the molecule is CCN(CCC(=O)OOC)Cc1ccccc1. The van der Waals surface area contributed by atoms with Gasteiger partial charge in [-0.2, -0.15) is 4.89 Å². The molecule has 94 valence electrons. The second-order valence-corrected chi connectivity index (χ2v) is 3.73. The second-order valence-electron chi connectivity index (χ2n) is 3.73. The molecule has 1 rings (SSSR count). The first-order valence-corrected chi connectivity index (χ1v) is 5.76. The van der Waals surface area contributed by atoms with Crippen LogP contribution in [0.5, 0.6) is 0 Å². The summed E-state index contributed by atoms with van der Waals surface area (Å²) in [5.41, 5.74) is 1.24. The molecule has 0 radical (unpaired) electrons. The van der Waals surface area contributed by atoms with Gasteiger partial charge in [0.15, 0.2) is 0 Å². The summed E-state index contributed by atoms with van der Waals surface area (Å²) in [6, 6.07) is 10.2. The molecule has 0 aliphatic rings. The van der Waals surface area contributed by atoms with Gasteiger partial charge >= 0.3 is 5.97 Å². The molecular weight excluding hydrogens is 218 g/mol. The molecular formula is C13H19NO3. The van der Waals surface area contributed by atoms with Crippen LogP contribution in [0.15, 0.2) is 30.3 Å². The van der Waals surface area contributed by atoms with Crippen molar-refractivity contribution in [2.75, 3.05) is 20.2 Å². The highest BCUT2D eigenvalue weighted by Gasteiger charge is 2.08. The Labute approximate surface area is 102 Å². The monoisotopic (exact) mass is 237 g/mol. The maximum Gasteiger partial charge on any atom is 0.343 e. The van der Waals surface area contributed by atoms with Crippen molar-refractivity contribution in [3.63, 3.8) is 0 Å². The van der Waals surface area contributed by atoms with Crippen LogP contribution in [0, 0.1) is 0 Å². The first-order valence-electron chi connectivity index (χ1n) is 5.76. The summed E-state index contributed by atoms with van der Waals surface area (Å²) in [6.45, 7) is 4.49. The molecule has 0 aliphatic carbocycles. The smallest absolute Gasteiger partial charge is 0.299 e. The number of carbonyl (C=O) groups is 1. The average Bonchev–Trinajstić information content (AvgIpc) is 2.36. The van der Waals surface area contributed by atoms with Gasteiger partial charge in [-0.3, -0.25) is 9.79 Å². The van der Waals surface area contributed by atoms with Crippen molar-refractivity contribution in [2.45, 2.75) is 19.9 Å². The average molecular weight is 237 g/mol. The molecule has 0 unspecified atom stereocenters. The van der Waals surface area contributed by atoms with E-state index in [9.17, 15) is 4.79 Å². The summed E-state index contributed by atoms with van der Waals surface area (Å²) < 4.78 is 0. The quantitative estimate of drug-likeness (QED) is 0.537. The van der Waals surface area contributed by atoms with Crippen LogP contribution < -0.4 is 0 Å². The van der Waals surface area contributed by atoms with Gasteiger partial charge in [-0.05, 0) is 12.1 Å². The van der Waals surface area contributed by atoms with Crippen LogP contribution in [0.4, 0.5) is 0 Å². The maximum absolute atomic E-state index is 11.1. The van der Waals surface area contributed by atoms with Gasteiger partial charge in [0.25, 0.3) is 0 Å². The summed E-state index contributed by atoms with van der Waals surface area (Å²) >= 11 is 0. The summed E-state index contributed by atoms with van der Waals surface area (Å²) in [4.78, 5) is 22.1. The highest BCUT2D eigenvalue weighted by molar-refractivity contribution is 5.68. The third-order valence-electron chi connectivity index (χ3n) is 2.50. The minimum Gasteiger partial charge on any atom is -0.299 e. The summed E-state index contributed by atoms with van der Waals surface area (Å²) in [7, 11) is 1.33. The molecule has 0 heterocycles. The third kappa shape index (κ3) is 5.47. The van der Waals surface area contributed by atoms with Gasteiger partial charge < -0.3 is 0 Å². The molecule has 0 amide bonds. The molecule has 0 atom stereocenters. The van der Waals surface area contributed by atoms with Crippen molar-refractivity contribution in [3.8, 4) is 0 Å². The fraction of sp³-hybridized carbons (Fsp3) is 0.462. The Morgan fingerprint density at radius 1 is 1.29 bits per heavy atom. The van der Waals surface area contributed by atoms with Gasteiger partial charge in [-0.1, -0.05) is 37.3 Å². The standard InChI is InChI=1S/C13H19NO3/c1-3-14(10-9-13(15)17-16-2)11-12-7-5-4-6-8-12/h4-8H,3,9-11H2,1-2H3. The van der Waals surface area contributed by atoms with E-state index in [1.54, 1.807) is 0 Å². The molecule has 0 saturated heterocycles. The predicted molar refractivity (Wildman–Crippen MR) is 65.1 cm³/mol. The fourth-order valence-electron chi connectivity index (χ4n) is 1.57. The lowest BCUT2D eigenvalue weighted by Crippen LogP contribution is -2.26. The van der Waals surface area contributed by atoms with Crippen molar-refractivity contribution < 1.29 is 14.6 Å². The summed E-state index contributed by atoms with van der Waals surface area (Å²) in [5.74, 6) is -0.334. The van der Waals surface area contributed by atoms with E-state index in [-0.39, 0.29) is 5.97 Å². The molecule has 0 aliphatic heterocycles. The number of carbonyl (C=O) groups excluding carboxylic acids is 1. The molecule has 1 aromatic carbocycles. The Bertz CT molecular complexity index is 327. The molecule has 17 heavy (non-hydrogen) atoms. The minimum absolute atomic E-state index is 0.334. The van der Waals surface area contributed by atoms with Gasteiger partial charge in [0.05, 0.1) is 13.5 Å². The zero-order valence-electron chi connectivity index (χ0n) is 10.4. The molecule has 0 N–H and O–H groups in total. The van der Waals surface area contributed by atoms with E-state index in [0.717, 1.165) is 13.1 Å². The second kappa shape index (κ2) is 7.81. The maximum atomic E-state index is 11.1. The number of hydrogen-bond acceptors (Lipinski definition) is 4. The minimum atomic E-state index is -0.334. The number of nitrogens with zero attached hydrogens (tertiary/aromatic N) is 1. The fourth-order valence-corrected chi connectivity index (χ4v) is 1.57. The van der Waals surface area contributed by atoms with Crippen LogP contribution in [-0.4, -0.2) is 31.1 Å². The van der Waals surface area contributed by atoms with E-state index in [1.807, 2.05) is 18.2 Å². The molecule has 0 spiro atoms. The summed E-state index contributed by atoms with van der Waals surface area (Å²) in [6.07, 6.45) is 0.342. The van der Waals surface area contributed by atoms with Crippen molar-refractivity contribution >= 4 is 5.97 Å². The highest BCUT2D eigenvalue weighted by atomic mass is 17.2. The van der Waals surface area contributed by atoms with Gasteiger partial charge in [0, 0.05) is 13.1 Å². The number of benzene rings is 1. The molecule has 0 aromatic heterocycles. The van der Waals surface area contributed by atoms with E-state index in [0.29, 0.717) is 13.0 Å². The topological polar surface area (TPSA) is 38.8 Å². The van der Waals surface area contributed by atoms with Gasteiger partial charge in [-0.25, -0.2) is 4.79 Å². The van der Waals surface area contributed by atoms with Gasteiger partial charge in [0.1, 0.15) is 0 Å². The van der Waals surface area contributed by atoms with Crippen LogP contribution >= 0.6 is 0 Å². The Kier molecular flexibility index (Phi) is 6.29. The Morgan fingerprint density at radius 2 is 2.00 bits per heavy atom. The van der Waals surface area contributed by atoms with Crippen LogP contribution in [0.1, 0.15) is 18.9 Å². The largest absolute Gasteiger partial charge is 0.343 e. The number of hydrogen-bond donors (Lipinski definition) is 0. The molecule has 0 bridgehead atoms. The van der Waals surface area contributed by atoms with Crippen molar-refractivity contribution in [3.05, 3.63) is 35.9 Å². The Balaban J connectivity index is 2.36. The first kappa shape index (κ1) is 13.7. The molecule has 0 saturated carbocycles. The van der Waals surface area contributed by atoms with Crippen LogP contribution in [0.2, 0.25) is 0 Å². The molecule has 1 aromatic rings. The van der Waals surface area contributed by atoms with Crippen LogP contribution in [0.25, 0.3) is 0 Å². The van der Waals surface area contributed by atoms with E-state index in [4.69, 9.17) is 0 Å². The lowest BCUT2D eigenvalue weighted by molar-refractivity contribution is -0.255. The van der Waals surface area contributed by atoms with Gasteiger partial charge in [0.2, 0.25) is 0 Å². The van der Waals surface area contributed by atoms with Crippen molar-refractivity contribution in [2.24, 2.45) is 0 Å². The lowest BCUT2D eigenvalue weighted by atomic mass is 10.2. The van der Waals surface area contributed by atoms with E-state index in [1.165, 1.54) is 12.7 Å². The lowest BCUT2D eigenvalue weighted by Gasteiger charge is -2.19. The number of rotatable bonds is 7. The summed E-state index contributed by atoms with van der Waals surface area (Å²) in [5, 5.41) is 0. The predicted octanol–water partition coefficient (Wildman–Crippen LogP) is 2.00. The Morgan fingerprint density at radius 3 is 2.59 bits per heavy atom. The zero-order chi connectivity index (χ0) is 12.5. The van der Waals surface area contributed by atoms with Crippen LogP contribution in [0.3, 0.4) is 0 Å². The van der Waals surface area contributed by atoms with Gasteiger partial charge in [-0.15, -0.1) is 0 Å². The van der Waals surface area contributed by atoms with E-state index >= 15 is 0 Å².